The molecule has 0 aliphatic heterocycles. The minimum atomic E-state index is -3.44. The van der Waals surface area contributed by atoms with E-state index in [1.54, 1.807) is 37.0 Å². The summed E-state index contributed by atoms with van der Waals surface area (Å²) in [5.41, 5.74) is 6.06. The average molecular weight is 274 g/mol. The second kappa shape index (κ2) is 5.75. The zero-order valence-corrected chi connectivity index (χ0v) is 11.9. The highest BCUT2D eigenvalue weighted by Gasteiger charge is 2.24. The topological polar surface area (TPSA) is 63.4 Å². The van der Waals surface area contributed by atoms with Crippen LogP contribution in [0.3, 0.4) is 0 Å². The van der Waals surface area contributed by atoms with E-state index in [-0.39, 0.29) is 10.9 Å². The largest absolute Gasteiger partial charge is 0.399 e. The number of nitrogens with zero attached hydrogens (tertiary/aromatic N) is 1. The van der Waals surface area contributed by atoms with Crippen molar-refractivity contribution in [3.8, 4) is 0 Å². The van der Waals surface area contributed by atoms with Crippen LogP contribution in [0.4, 0.5) is 5.69 Å². The SMILES string of the molecule is CSCC(C)N(C)S(=O)(=O)c1cccc(N)c1. The van der Waals surface area contributed by atoms with Gasteiger partial charge >= 0.3 is 0 Å². The van der Waals surface area contributed by atoms with Gasteiger partial charge in [-0.3, -0.25) is 0 Å². The highest BCUT2D eigenvalue weighted by molar-refractivity contribution is 7.98. The van der Waals surface area contributed by atoms with Crippen molar-refractivity contribution in [1.82, 2.24) is 4.31 Å². The lowest BCUT2D eigenvalue weighted by Crippen LogP contribution is -2.36. The van der Waals surface area contributed by atoms with Crippen molar-refractivity contribution in [3.63, 3.8) is 0 Å². The normalized spacial score (nSPS) is 13.9. The van der Waals surface area contributed by atoms with E-state index in [2.05, 4.69) is 0 Å². The summed E-state index contributed by atoms with van der Waals surface area (Å²) in [6.07, 6.45) is 1.96. The third kappa shape index (κ3) is 3.37. The third-order valence-electron chi connectivity index (χ3n) is 2.56. The zero-order chi connectivity index (χ0) is 13.1. The van der Waals surface area contributed by atoms with E-state index in [4.69, 9.17) is 5.73 Å². The molecule has 1 unspecified atom stereocenters. The fourth-order valence-corrected chi connectivity index (χ4v) is 3.64. The summed E-state index contributed by atoms with van der Waals surface area (Å²) in [4.78, 5) is 0.243. The van der Waals surface area contributed by atoms with Crippen LogP contribution >= 0.6 is 11.8 Å². The highest BCUT2D eigenvalue weighted by Crippen LogP contribution is 2.19. The maximum atomic E-state index is 12.3. The molecule has 1 atom stereocenters. The molecule has 0 aliphatic rings. The number of sulfonamides is 1. The average Bonchev–Trinajstić information content (AvgIpc) is 2.28. The lowest BCUT2D eigenvalue weighted by Gasteiger charge is -2.23. The molecule has 17 heavy (non-hydrogen) atoms. The third-order valence-corrected chi connectivity index (χ3v) is 5.35. The first-order valence-corrected chi connectivity index (χ1v) is 8.05. The van der Waals surface area contributed by atoms with Gasteiger partial charge in [0, 0.05) is 24.5 Å². The van der Waals surface area contributed by atoms with Crippen LogP contribution in [0.2, 0.25) is 0 Å². The first-order chi connectivity index (χ1) is 7.89. The Morgan fingerprint density at radius 1 is 1.47 bits per heavy atom. The molecular formula is C11H18N2O2S2. The number of hydrogen-bond donors (Lipinski definition) is 1. The van der Waals surface area contributed by atoms with Gasteiger partial charge in [0.05, 0.1) is 4.90 Å². The molecule has 2 N–H and O–H groups in total. The van der Waals surface area contributed by atoms with E-state index in [9.17, 15) is 8.42 Å². The van der Waals surface area contributed by atoms with Gasteiger partial charge in [-0.05, 0) is 31.4 Å². The van der Waals surface area contributed by atoms with Crippen LogP contribution in [-0.2, 0) is 10.0 Å². The summed E-state index contributed by atoms with van der Waals surface area (Å²) < 4.78 is 25.9. The molecule has 0 fully saturated rings. The molecule has 0 saturated heterocycles. The maximum Gasteiger partial charge on any atom is 0.243 e. The van der Waals surface area contributed by atoms with Gasteiger partial charge in [0.1, 0.15) is 0 Å². The first-order valence-electron chi connectivity index (χ1n) is 5.22. The van der Waals surface area contributed by atoms with Crippen molar-refractivity contribution in [1.29, 1.82) is 0 Å². The predicted octanol–water partition coefficient (Wildman–Crippen LogP) is 1.64. The molecule has 4 nitrogen and oxygen atoms in total. The molecule has 0 radical (unpaired) electrons. The highest BCUT2D eigenvalue weighted by atomic mass is 32.2. The standard InChI is InChI=1S/C11H18N2O2S2/c1-9(8-16-3)13(2)17(14,15)11-6-4-5-10(12)7-11/h4-7,9H,8,12H2,1-3H3. The maximum absolute atomic E-state index is 12.3. The van der Waals surface area contributed by atoms with Crippen LogP contribution in [0.25, 0.3) is 0 Å². The van der Waals surface area contributed by atoms with Crippen LogP contribution in [-0.4, -0.2) is 37.8 Å². The molecule has 0 saturated carbocycles. The second-order valence-electron chi connectivity index (χ2n) is 3.90. The quantitative estimate of drug-likeness (QED) is 0.829. The molecule has 0 spiro atoms. The van der Waals surface area contributed by atoms with Crippen molar-refractivity contribution in [2.75, 3.05) is 24.8 Å². The Morgan fingerprint density at radius 2 is 2.12 bits per heavy atom. The van der Waals surface area contributed by atoms with Crippen LogP contribution < -0.4 is 5.73 Å². The molecular weight excluding hydrogens is 256 g/mol. The van der Waals surface area contributed by atoms with E-state index in [0.717, 1.165) is 5.75 Å². The lowest BCUT2D eigenvalue weighted by molar-refractivity contribution is 0.415. The molecule has 0 amide bonds. The molecule has 1 rings (SSSR count). The molecule has 0 heterocycles. The lowest BCUT2D eigenvalue weighted by atomic mass is 10.3. The molecule has 0 bridgehead atoms. The van der Waals surface area contributed by atoms with E-state index in [1.807, 2.05) is 13.2 Å². The Kier molecular flexibility index (Phi) is 4.85. The van der Waals surface area contributed by atoms with Crippen molar-refractivity contribution in [2.45, 2.75) is 17.9 Å². The van der Waals surface area contributed by atoms with Crippen molar-refractivity contribution in [2.24, 2.45) is 0 Å². The molecule has 1 aromatic carbocycles. The van der Waals surface area contributed by atoms with E-state index in [1.165, 1.54) is 10.4 Å². The van der Waals surface area contributed by atoms with Gasteiger partial charge in [0.25, 0.3) is 0 Å². The van der Waals surface area contributed by atoms with Crippen LogP contribution in [0.5, 0.6) is 0 Å². The summed E-state index contributed by atoms with van der Waals surface area (Å²) in [5, 5.41) is 0. The number of anilines is 1. The monoisotopic (exact) mass is 274 g/mol. The van der Waals surface area contributed by atoms with Gasteiger partial charge in [-0.2, -0.15) is 16.1 Å². The van der Waals surface area contributed by atoms with Crippen LogP contribution in [0, 0.1) is 0 Å². The molecule has 0 aliphatic carbocycles. The molecule has 6 heteroatoms. The van der Waals surface area contributed by atoms with Gasteiger partial charge in [0.15, 0.2) is 0 Å². The van der Waals surface area contributed by atoms with Crippen molar-refractivity contribution in [3.05, 3.63) is 24.3 Å². The van der Waals surface area contributed by atoms with E-state index in [0.29, 0.717) is 5.69 Å². The fraction of sp³-hybridized carbons (Fsp3) is 0.455. The Labute approximate surface area is 107 Å². The number of nitrogens with two attached hydrogens (primary N) is 1. The Balaban J connectivity index is 3.03. The summed E-state index contributed by atoms with van der Waals surface area (Å²) in [5.74, 6) is 0.762. The summed E-state index contributed by atoms with van der Waals surface area (Å²) in [6, 6.07) is 6.32. The predicted molar refractivity (Wildman–Crippen MR) is 73.6 cm³/mol. The molecule has 1 aromatic rings. The Bertz CT molecular complexity index is 474. The number of benzene rings is 1. The Hall–Kier alpha value is -0.720. The van der Waals surface area contributed by atoms with E-state index < -0.39 is 10.0 Å². The minimum Gasteiger partial charge on any atom is -0.399 e. The number of rotatable bonds is 5. The van der Waals surface area contributed by atoms with Gasteiger partial charge in [-0.1, -0.05) is 6.07 Å². The van der Waals surface area contributed by atoms with Gasteiger partial charge in [0.2, 0.25) is 10.0 Å². The zero-order valence-electron chi connectivity index (χ0n) is 10.3. The van der Waals surface area contributed by atoms with Crippen LogP contribution in [0.1, 0.15) is 6.92 Å². The summed E-state index contributed by atoms with van der Waals surface area (Å²) in [6.45, 7) is 1.89. The van der Waals surface area contributed by atoms with Gasteiger partial charge in [-0.15, -0.1) is 0 Å². The Morgan fingerprint density at radius 3 is 2.65 bits per heavy atom. The van der Waals surface area contributed by atoms with Gasteiger partial charge in [-0.25, -0.2) is 8.42 Å². The van der Waals surface area contributed by atoms with Crippen molar-refractivity contribution < 1.29 is 8.42 Å². The fourth-order valence-electron chi connectivity index (χ4n) is 1.42. The summed E-state index contributed by atoms with van der Waals surface area (Å²) >= 11 is 1.62. The number of hydrogen-bond acceptors (Lipinski definition) is 4. The van der Waals surface area contributed by atoms with Gasteiger partial charge < -0.3 is 5.73 Å². The minimum absolute atomic E-state index is 0.0450. The first kappa shape index (κ1) is 14.3. The number of thioether (sulfide) groups is 1. The number of nitrogen functional groups attached to an aromatic ring is 1. The van der Waals surface area contributed by atoms with Crippen LogP contribution in [0.15, 0.2) is 29.2 Å². The van der Waals surface area contributed by atoms with Crippen molar-refractivity contribution >= 4 is 27.5 Å². The molecule has 0 aromatic heterocycles. The van der Waals surface area contributed by atoms with E-state index >= 15 is 0 Å². The smallest absolute Gasteiger partial charge is 0.243 e. The molecule has 96 valence electrons. The second-order valence-corrected chi connectivity index (χ2v) is 6.81. The summed E-state index contributed by atoms with van der Waals surface area (Å²) in [7, 11) is -1.85.